The van der Waals surface area contributed by atoms with Gasteiger partial charge in [-0.15, -0.1) is 0 Å². The molecule has 0 saturated carbocycles. The summed E-state index contributed by atoms with van der Waals surface area (Å²) in [4.78, 5) is 13.7. The highest BCUT2D eigenvalue weighted by molar-refractivity contribution is 9.10. The van der Waals surface area contributed by atoms with Crippen LogP contribution in [0.3, 0.4) is 0 Å². The predicted molar refractivity (Wildman–Crippen MR) is 89.3 cm³/mol. The van der Waals surface area contributed by atoms with E-state index in [0.717, 1.165) is 23.1 Å². The number of amides is 1. The first-order chi connectivity index (χ1) is 10.1. The molecule has 1 aliphatic heterocycles. The molecule has 21 heavy (non-hydrogen) atoms. The lowest BCUT2D eigenvalue weighted by molar-refractivity contribution is -0.893. The number of hydrogen-bond acceptors (Lipinski definition) is 1. The van der Waals surface area contributed by atoms with Gasteiger partial charge in [-0.05, 0) is 50.3 Å². The maximum Gasteiger partial charge on any atom is 0.275 e. The lowest BCUT2D eigenvalue weighted by atomic mass is 10.1. The first-order valence-corrected chi connectivity index (χ1v) is 8.83. The molecule has 2 N–H and O–H groups in total. The lowest BCUT2D eigenvalue weighted by Crippen LogP contribution is -3.13. The van der Waals surface area contributed by atoms with Crippen molar-refractivity contribution in [2.75, 3.05) is 19.6 Å². The van der Waals surface area contributed by atoms with Crippen LogP contribution in [0.15, 0.2) is 28.7 Å². The van der Waals surface area contributed by atoms with Crippen LogP contribution in [0.4, 0.5) is 0 Å². The Hall–Kier alpha value is -0.870. The molecule has 1 amide bonds. The van der Waals surface area contributed by atoms with Gasteiger partial charge in [0.05, 0.1) is 19.1 Å². The molecule has 0 bridgehead atoms. The van der Waals surface area contributed by atoms with Gasteiger partial charge in [0, 0.05) is 4.47 Å². The van der Waals surface area contributed by atoms with Gasteiger partial charge in [-0.2, -0.15) is 0 Å². The van der Waals surface area contributed by atoms with Crippen LogP contribution < -0.4 is 10.2 Å². The summed E-state index contributed by atoms with van der Waals surface area (Å²) in [5.74, 6) is 0.168. The van der Waals surface area contributed by atoms with Gasteiger partial charge in [-0.3, -0.25) is 4.79 Å². The maximum atomic E-state index is 12.2. The van der Waals surface area contributed by atoms with Gasteiger partial charge in [-0.25, -0.2) is 0 Å². The Morgan fingerprint density at radius 2 is 1.71 bits per heavy atom. The number of carbonyl (C=O) groups excluding carboxylic acids is 1. The van der Waals surface area contributed by atoms with Crippen molar-refractivity contribution in [1.82, 2.24) is 5.32 Å². The SMILES string of the molecule is C[C@H](NC(=O)C[NH+]1CCCCCCC1)c1ccc(Br)cc1. The molecule has 1 aromatic rings. The van der Waals surface area contributed by atoms with E-state index >= 15 is 0 Å². The fourth-order valence-electron chi connectivity index (χ4n) is 2.94. The Balaban J connectivity index is 1.81. The fourth-order valence-corrected chi connectivity index (χ4v) is 3.20. The van der Waals surface area contributed by atoms with Crippen LogP contribution in [0.25, 0.3) is 0 Å². The molecule has 0 unspecified atom stereocenters. The van der Waals surface area contributed by atoms with E-state index in [0.29, 0.717) is 6.54 Å². The Labute approximate surface area is 136 Å². The minimum atomic E-state index is 0.0692. The molecule has 1 aromatic carbocycles. The molecule has 1 fully saturated rings. The Kier molecular flexibility index (Phi) is 6.71. The number of halogens is 1. The summed E-state index contributed by atoms with van der Waals surface area (Å²) in [6, 6.07) is 8.21. The zero-order valence-electron chi connectivity index (χ0n) is 12.8. The third-order valence-corrected chi connectivity index (χ3v) is 4.75. The molecule has 116 valence electrons. The largest absolute Gasteiger partial charge is 0.345 e. The highest BCUT2D eigenvalue weighted by Gasteiger charge is 2.17. The molecule has 0 aromatic heterocycles. The van der Waals surface area contributed by atoms with Crippen molar-refractivity contribution in [2.45, 2.75) is 45.1 Å². The number of nitrogens with one attached hydrogen (secondary N) is 2. The third kappa shape index (κ3) is 5.79. The average Bonchev–Trinajstić information content (AvgIpc) is 2.42. The number of carbonyl (C=O) groups is 1. The van der Waals surface area contributed by atoms with Crippen LogP contribution in [0.2, 0.25) is 0 Å². The normalized spacial score (nSPS) is 18.6. The monoisotopic (exact) mass is 353 g/mol. The second kappa shape index (κ2) is 8.54. The zero-order chi connectivity index (χ0) is 15.1. The maximum absolute atomic E-state index is 12.2. The van der Waals surface area contributed by atoms with Gasteiger partial charge in [0.2, 0.25) is 0 Å². The lowest BCUT2D eigenvalue weighted by Gasteiger charge is -2.22. The highest BCUT2D eigenvalue weighted by atomic mass is 79.9. The number of rotatable bonds is 4. The second-order valence-corrected chi connectivity index (χ2v) is 6.95. The molecule has 3 nitrogen and oxygen atoms in total. The topological polar surface area (TPSA) is 33.5 Å². The third-order valence-electron chi connectivity index (χ3n) is 4.22. The average molecular weight is 354 g/mol. The second-order valence-electron chi connectivity index (χ2n) is 6.04. The number of likely N-dealkylation sites (tertiary alicyclic amines) is 1. The molecule has 1 saturated heterocycles. The van der Waals surface area contributed by atoms with Crippen molar-refractivity contribution in [3.8, 4) is 0 Å². The summed E-state index contributed by atoms with van der Waals surface area (Å²) in [5.41, 5.74) is 1.15. The van der Waals surface area contributed by atoms with Crippen LogP contribution >= 0.6 is 15.9 Å². The van der Waals surface area contributed by atoms with E-state index in [9.17, 15) is 4.79 Å². The van der Waals surface area contributed by atoms with E-state index < -0.39 is 0 Å². The van der Waals surface area contributed by atoms with E-state index in [1.165, 1.54) is 37.0 Å². The van der Waals surface area contributed by atoms with Crippen LogP contribution in [0, 0.1) is 0 Å². The van der Waals surface area contributed by atoms with E-state index in [1.54, 1.807) is 0 Å². The summed E-state index contributed by atoms with van der Waals surface area (Å²) in [6.07, 6.45) is 6.51. The summed E-state index contributed by atoms with van der Waals surface area (Å²) >= 11 is 3.43. The number of quaternary nitrogens is 1. The van der Waals surface area contributed by atoms with Gasteiger partial charge in [0.15, 0.2) is 6.54 Å². The molecule has 0 radical (unpaired) electrons. The van der Waals surface area contributed by atoms with E-state index in [-0.39, 0.29) is 11.9 Å². The molecule has 1 aliphatic rings. The highest BCUT2D eigenvalue weighted by Crippen LogP contribution is 2.16. The van der Waals surface area contributed by atoms with E-state index in [1.807, 2.05) is 19.1 Å². The molecule has 4 heteroatoms. The van der Waals surface area contributed by atoms with Gasteiger partial charge in [0.1, 0.15) is 0 Å². The van der Waals surface area contributed by atoms with Gasteiger partial charge in [-0.1, -0.05) is 34.5 Å². The molecule has 0 spiro atoms. The first kappa shape index (κ1) is 16.5. The predicted octanol–water partition coefficient (Wildman–Crippen LogP) is 2.48. The zero-order valence-corrected chi connectivity index (χ0v) is 14.4. The number of hydrogen-bond donors (Lipinski definition) is 2. The Morgan fingerprint density at radius 3 is 2.33 bits per heavy atom. The quantitative estimate of drug-likeness (QED) is 0.856. The molecular weight excluding hydrogens is 328 g/mol. The summed E-state index contributed by atoms with van der Waals surface area (Å²) in [5, 5.41) is 3.12. The number of benzene rings is 1. The van der Waals surface area contributed by atoms with Gasteiger partial charge in [0.25, 0.3) is 5.91 Å². The smallest absolute Gasteiger partial charge is 0.275 e. The molecule has 1 heterocycles. The Bertz CT molecular complexity index is 439. The summed E-state index contributed by atoms with van der Waals surface area (Å²) in [7, 11) is 0. The van der Waals surface area contributed by atoms with Crippen molar-refractivity contribution in [1.29, 1.82) is 0 Å². The molecular formula is C17H26BrN2O+. The minimum absolute atomic E-state index is 0.0692. The van der Waals surface area contributed by atoms with Crippen molar-refractivity contribution in [2.24, 2.45) is 0 Å². The van der Waals surface area contributed by atoms with Crippen molar-refractivity contribution in [3.63, 3.8) is 0 Å². The molecule has 1 atom stereocenters. The van der Waals surface area contributed by atoms with Crippen molar-refractivity contribution in [3.05, 3.63) is 34.3 Å². The van der Waals surface area contributed by atoms with Crippen LogP contribution in [-0.4, -0.2) is 25.5 Å². The van der Waals surface area contributed by atoms with Crippen LogP contribution in [0.1, 0.15) is 50.6 Å². The van der Waals surface area contributed by atoms with Crippen molar-refractivity contribution < 1.29 is 9.69 Å². The Morgan fingerprint density at radius 1 is 1.14 bits per heavy atom. The van der Waals surface area contributed by atoms with Crippen LogP contribution in [-0.2, 0) is 4.79 Å². The van der Waals surface area contributed by atoms with E-state index in [4.69, 9.17) is 0 Å². The van der Waals surface area contributed by atoms with Gasteiger partial charge < -0.3 is 10.2 Å². The van der Waals surface area contributed by atoms with E-state index in [2.05, 4.69) is 33.4 Å². The summed E-state index contributed by atoms with van der Waals surface area (Å²) in [6.45, 7) is 4.94. The first-order valence-electron chi connectivity index (χ1n) is 8.03. The standard InChI is InChI=1S/C17H25BrN2O/c1-14(15-7-9-16(18)10-8-15)19-17(21)13-20-11-5-3-2-4-6-12-20/h7-10,14H,2-6,11-13H2,1H3,(H,19,21)/p+1/t14-/m0/s1. The molecule has 2 rings (SSSR count). The van der Waals surface area contributed by atoms with Crippen molar-refractivity contribution >= 4 is 21.8 Å². The summed E-state index contributed by atoms with van der Waals surface area (Å²) < 4.78 is 1.06. The fraction of sp³-hybridized carbons (Fsp3) is 0.588. The van der Waals surface area contributed by atoms with Gasteiger partial charge >= 0.3 is 0 Å². The van der Waals surface area contributed by atoms with Crippen LogP contribution in [0.5, 0.6) is 0 Å². The minimum Gasteiger partial charge on any atom is -0.345 e. The molecule has 0 aliphatic carbocycles.